The summed E-state index contributed by atoms with van der Waals surface area (Å²) >= 11 is 0. The van der Waals surface area contributed by atoms with Crippen LogP contribution in [0.15, 0.2) is 36.5 Å². The van der Waals surface area contributed by atoms with Gasteiger partial charge in [-0.1, -0.05) is 35.5 Å². The third-order valence-corrected chi connectivity index (χ3v) is 4.38. The number of rotatable bonds is 5. The van der Waals surface area contributed by atoms with Crippen LogP contribution in [0.3, 0.4) is 0 Å². The molecule has 25 heavy (non-hydrogen) atoms. The number of carbonyl (C=O) groups excluding carboxylic acids is 1. The molecule has 1 fully saturated rings. The molecule has 0 atom stereocenters. The summed E-state index contributed by atoms with van der Waals surface area (Å²) in [6, 6.07) is 9.51. The number of carbonyl (C=O) groups is 2. The Balaban J connectivity index is 1.46. The minimum Gasteiger partial charge on any atom is -0.481 e. The van der Waals surface area contributed by atoms with Crippen molar-refractivity contribution in [2.45, 2.75) is 38.3 Å². The first kappa shape index (κ1) is 16.9. The quantitative estimate of drug-likeness (QED) is 0.770. The normalized spacial score (nSPS) is 20.0. The zero-order chi connectivity index (χ0) is 17.6. The second-order valence-corrected chi connectivity index (χ2v) is 6.27. The molecule has 1 aliphatic carbocycles. The zero-order valence-corrected chi connectivity index (χ0v) is 13.8. The fourth-order valence-corrected chi connectivity index (χ4v) is 3.03. The van der Waals surface area contributed by atoms with Crippen LogP contribution in [0.5, 0.6) is 0 Å². The number of aromatic nitrogens is 3. The van der Waals surface area contributed by atoms with Gasteiger partial charge in [0.1, 0.15) is 0 Å². The van der Waals surface area contributed by atoms with E-state index in [1.54, 1.807) is 10.9 Å². The molecule has 0 bridgehead atoms. The number of nitrogens with zero attached hydrogens (tertiary/aromatic N) is 3. The highest BCUT2D eigenvalue weighted by molar-refractivity contribution is 5.88. The molecule has 0 aliphatic heterocycles. The Morgan fingerprint density at radius 2 is 1.88 bits per heavy atom. The molecular formula is C17H21N5O3. The highest BCUT2D eigenvalue weighted by atomic mass is 16.4. The molecule has 2 amide bonds. The van der Waals surface area contributed by atoms with Crippen molar-refractivity contribution in [3.8, 4) is 0 Å². The Bertz CT molecular complexity index is 723. The van der Waals surface area contributed by atoms with Gasteiger partial charge < -0.3 is 10.4 Å². The number of nitrogens with one attached hydrogen (secondary N) is 2. The number of benzene rings is 1. The van der Waals surface area contributed by atoms with Crippen LogP contribution in [0.2, 0.25) is 0 Å². The van der Waals surface area contributed by atoms with E-state index in [0.717, 1.165) is 5.56 Å². The average molecular weight is 343 g/mol. The monoisotopic (exact) mass is 343 g/mol. The fourth-order valence-electron chi connectivity index (χ4n) is 3.03. The topological polar surface area (TPSA) is 109 Å². The number of hydrogen-bond donors (Lipinski definition) is 3. The number of anilines is 1. The summed E-state index contributed by atoms with van der Waals surface area (Å²) in [5.74, 6) is -0.662. The van der Waals surface area contributed by atoms with E-state index in [1.807, 2.05) is 30.3 Å². The minimum atomic E-state index is -0.752. The van der Waals surface area contributed by atoms with E-state index in [-0.39, 0.29) is 18.0 Å². The first-order chi connectivity index (χ1) is 12.1. The molecule has 0 unspecified atom stereocenters. The third kappa shape index (κ3) is 4.79. The molecule has 0 radical (unpaired) electrons. The lowest BCUT2D eigenvalue weighted by atomic mass is 9.86. The predicted molar refractivity (Wildman–Crippen MR) is 91.1 cm³/mol. The molecule has 1 heterocycles. The molecule has 1 aromatic heterocycles. The molecule has 0 spiro atoms. The van der Waals surface area contributed by atoms with Crippen LogP contribution in [0.1, 0.15) is 31.2 Å². The largest absolute Gasteiger partial charge is 0.481 e. The first-order valence-corrected chi connectivity index (χ1v) is 8.34. The van der Waals surface area contributed by atoms with E-state index in [9.17, 15) is 9.59 Å². The Morgan fingerprint density at radius 1 is 1.16 bits per heavy atom. The summed E-state index contributed by atoms with van der Waals surface area (Å²) in [5, 5.41) is 22.5. The fraction of sp³-hybridized carbons (Fsp3) is 0.412. The summed E-state index contributed by atoms with van der Waals surface area (Å²) in [4.78, 5) is 23.0. The van der Waals surface area contributed by atoms with Gasteiger partial charge >= 0.3 is 12.0 Å². The third-order valence-electron chi connectivity index (χ3n) is 4.38. The maximum Gasteiger partial charge on any atom is 0.320 e. The second kappa shape index (κ2) is 7.78. The Morgan fingerprint density at radius 3 is 2.56 bits per heavy atom. The Kier molecular flexibility index (Phi) is 5.27. The van der Waals surface area contributed by atoms with Gasteiger partial charge in [-0.2, -0.15) is 0 Å². The van der Waals surface area contributed by atoms with Crippen LogP contribution >= 0.6 is 0 Å². The molecule has 1 aromatic carbocycles. The summed E-state index contributed by atoms with van der Waals surface area (Å²) in [6.45, 7) is 0.580. The van der Waals surface area contributed by atoms with E-state index in [0.29, 0.717) is 38.0 Å². The number of urea groups is 1. The lowest BCUT2D eigenvalue weighted by Crippen LogP contribution is -2.41. The number of amides is 2. The van der Waals surface area contributed by atoms with Crippen LogP contribution in [0, 0.1) is 5.92 Å². The highest BCUT2D eigenvalue weighted by Crippen LogP contribution is 2.24. The first-order valence-electron chi connectivity index (χ1n) is 8.34. The van der Waals surface area contributed by atoms with Crippen molar-refractivity contribution in [2.24, 2.45) is 5.92 Å². The smallest absolute Gasteiger partial charge is 0.320 e. The van der Waals surface area contributed by atoms with Crippen molar-refractivity contribution in [3.05, 3.63) is 42.1 Å². The standard InChI is InChI=1S/C17H21N5O3/c23-16(24)13-6-8-14(9-7-13)18-17(25)19-15-11-22(21-20-15)10-12-4-2-1-3-5-12/h1-5,11,13-14H,6-10H2,(H,23,24)(H2,18,19,25). The van der Waals surface area contributed by atoms with Gasteiger partial charge in [0.05, 0.1) is 18.7 Å². The van der Waals surface area contributed by atoms with Crippen molar-refractivity contribution in [2.75, 3.05) is 5.32 Å². The van der Waals surface area contributed by atoms with Gasteiger partial charge in [-0.25, -0.2) is 9.48 Å². The molecule has 0 saturated heterocycles. The Hall–Kier alpha value is -2.90. The van der Waals surface area contributed by atoms with E-state index >= 15 is 0 Å². The van der Waals surface area contributed by atoms with Gasteiger partial charge in [-0.15, -0.1) is 5.10 Å². The SMILES string of the molecule is O=C(Nc1cn(Cc2ccccc2)nn1)NC1CCC(C(=O)O)CC1. The van der Waals surface area contributed by atoms with Crippen LogP contribution < -0.4 is 10.6 Å². The van der Waals surface area contributed by atoms with Gasteiger partial charge in [0.15, 0.2) is 5.82 Å². The van der Waals surface area contributed by atoms with Crippen LogP contribution in [-0.2, 0) is 11.3 Å². The van der Waals surface area contributed by atoms with Crippen molar-refractivity contribution in [3.63, 3.8) is 0 Å². The van der Waals surface area contributed by atoms with E-state index in [4.69, 9.17) is 5.11 Å². The Labute approximate surface area is 145 Å². The molecule has 2 aromatic rings. The van der Waals surface area contributed by atoms with Crippen molar-refractivity contribution >= 4 is 17.8 Å². The summed E-state index contributed by atoms with van der Waals surface area (Å²) < 4.78 is 1.66. The minimum absolute atomic E-state index is 0.00466. The van der Waals surface area contributed by atoms with Gasteiger partial charge in [-0.3, -0.25) is 10.1 Å². The summed E-state index contributed by atoms with van der Waals surface area (Å²) in [7, 11) is 0. The van der Waals surface area contributed by atoms with Gasteiger partial charge in [0, 0.05) is 6.04 Å². The van der Waals surface area contributed by atoms with Gasteiger partial charge in [0.25, 0.3) is 0 Å². The lowest BCUT2D eigenvalue weighted by molar-refractivity contribution is -0.142. The number of carboxylic acid groups (broad SMARTS) is 1. The van der Waals surface area contributed by atoms with Gasteiger partial charge in [0.2, 0.25) is 0 Å². The maximum absolute atomic E-state index is 12.0. The highest BCUT2D eigenvalue weighted by Gasteiger charge is 2.26. The zero-order valence-electron chi connectivity index (χ0n) is 13.8. The lowest BCUT2D eigenvalue weighted by Gasteiger charge is -2.26. The number of aliphatic carboxylic acids is 1. The van der Waals surface area contributed by atoms with E-state index < -0.39 is 5.97 Å². The predicted octanol–water partition coefficient (Wildman–Crippen LogP) is 2.09. The molecule has 3 rings (SSSR count). The van der Waals surface area contributed by atoms with Crippen LogP contribution in [0.4, 0.5) is 10.6 Å². The molecule has 132 valence electrons. The van der Waals surface area contributed by atoms with Crippen LogP contribution in [0.25, 0.3) is 0 Å². The van der Waals surface area contributed by atoms with E-state index in [1.165, 1.54) is 0 Å². The number of carboxylic acids is 1. The molecule has 3 N–H and O–H groups in total. The number of hydrogen-bond acceptors (Lipinski definition) is 4. The van der Waals surface area contributed by atoms with Gasteiger partial charge in [-0.05, 0) is 31.2 Å². The molecule has 1 saturated carbocycles. The summed E-state index contributed by atoms with van der Waals surface area (Å²) in [6.07, 6.45) is 4.20. The van der Waals surface area contributed by atoms with E-state index in [2.05, 4.69) is 20.9 Å². The second-order valence-electron chi connectivity index (χ2n) is 6.27. The molecule has 8 nitrogen and oxygen atoms in total. The average Bonchev–Trinajstić information content (AvgIpc) is 3.03. The van der Waals surface area contributed by atoms with Crippen LogP contribution in [-0.4, -0.2) is 38.1 Å². The molecule has 8 heteroatoms. The van der Waals surface area contributed by atoms with Crippen molar-refractivity contribution in [1.82, 2.24) is 20.3 Å². The molecule has 1 aliphatic rings. The van der Waals surface area contributed by atoms with Crippen molar-refractivity contribution in [1.29, 1.82) is 0 Å². The summed E-state index contributed by atoms with van der Waals surface area (Å²) in [5.41, 5.74) is 1.10. The molecular weight excluding hydrogens is 322 g/mol. The maximum atomic E-state index is 12.0. The van der Waals surface area contributed by atoms with Crippen molar-refractivity contribution < 1.29 is 14.7 Å².